The first kappa shape index (κ1) is 20.9. The Morgan fingerprint density at radius 3 is 2.53 bits per heavy atom. The van der Waals surface area contributed by atoms with Crippen molar-refractivity contribution >= 4 is 15.9 Å². The number of amides is 1. The highest BCUT2D eigenvalue weighted by Gasteiger charge is 2.47. The average Bonchev–Trinajstić information content (AvgIpc) is 3.46. The third-order valence-electron chi connectivity index (χ3n) is 5.76. The predicted molar refractivity (Wildman–Crippen MR) is 110 cm³/mol. The highest BCUT2D eigenvalue weighted by molar-refractivity contribution is 7.88. The van der Waals surface area contributed by atoms with Crippen LogP contribution in [0.25, 0.3) is 11.1 Å². The normalized spacial score (nSPS) is 24.0. The Morgan fingerprint density at radius 2 is 1.83 bits per heavy atom. The van der Waals surface area contributed by atoms with Gasteiger partial charge in [-0.1, -0.05) is 24.3 Å². The SMILES string of the molecule is CS(=O)(=O)N[C@@H]1CCCN(C(=O)[C@@H]2C[C@H]2c2ccccc2-c2cc(F)cc(F)c2)C1. The van der Waals surface area contributed by atoms with Crippen molar-refractivity contribution in [3.8, 4) is 11.1 Å². The maximum Gasteiger partial charge on any atom is 0.226 e. The molecule has 0 bridgehead atoms. The number of sulfonamides is 1. The van der Waals surface area contributed by atoms with Gasteiger partial charge in [-0.05, 0) is 54.0 Å². The summed E-state index contributed by atoms with van der Waals surface area (Å²) in [5.74, 6) is -1.47. The van der Waals surface area contributed by atoms with Crippen LogP contribution in [-0.4, -0.2) is 44.6 Å². The lowest BCUT2D eigenvalue weighted by atomic mass is 9.95. The van der Waals surface area contributed by atoms with Crippen LogP contribution in [0.15, 0.2) is 42.5 Å². The van der Waals surface area contributed by atoms with Gasteiger partial charge in [-0.2, -0.15) is 0 Å². The third-order valence-corrected chi connectivity index (χ3v) is 6.52. The number of nitrogens with one attached hydrogen (secondary N) is 1. The maximum absolute atomic E-state index is 13.7. The van der Waals surface area contributed by atoms with E-state index in [9.17, 15) is 22.0 Å². The molecule has 5 nitrogen and oxygen atoms in total. The molecule has 0 radical (unpaired) electrons. The first-order valence-electron chi connectivity index (χ1n) is 10.0. The summed E-state index contributed by atoms with van der Waals surface area (Å²) < 4.78 is 53.0. The van der Waals surface area contributed by atoms with Crippen molar-refractivity contribution in [2.24, 2.45) is 5.92 Å². The number of piperidine rings is 1. The zero-order valence-electron chi connectivity index (χ0n) is 16.6. The van der Waals surface area contributed by atoms with Crippen molar-refractivity contribution < 1.29 is 22.0 Å². The zero-order valence-corrected chi connectivity index (χ0v) is 17.5. The van der Waals surface area contributed by atoms with E-state index in [0.29, 0.717) is 31.5 Å². The van der Waals surface area contributed by atoms with Crippen molar-refractivity contribution in [2.75, 3.05) is 19.3 Å². The molecular weight excluding hydrogens is 410 g/mol. The highest BCUT2D eigenvalue weighted by Crippen LogP contribution is 2.51. The van der Waals surface area contributed by atoms with Crippen molar-refractivity contribution in [2.45, 2.75) is 31.2 Å². The molecule has 1 heterocycles. The third kappa shape index (κ3) is 4.70. The molecule has 2 aromatic carbocycles. The van der Waals surface area contributed by atoms with Crippen molar-refractivity contribution in [3.63, 3.8) is 0 Å². The van der Waals surface area contributed by atoms with Crippen molar-refractivity contribution in [3.05, 3.63) is 59.7 Å². The molecule has 0 aromatic heterocycles. The number of halogens is 2. The molecule has 2 aliphatic rings. The summed E-state index contributed by atoms with van der Waals surface area (Å²) in [6.07, 6.45) is 3.25. The van der Waals surface area contributed by atoms with Gasteiger partial charge in [0.2, 0.25) is 15.9 Å². The van der Waals surface area contributed by atoms with Gasteiger partial charge in [-0.25, -0.2) is 21.9 Å². The highest BCUT2D eigenvalue weighted by atomic mass is 32.2. The van der Waals surface area contributed by atoms with Crippen LogP contribution in [0.2, 0.25) is 0 Å². The Labute approximate surface area is 175 Å². The van der Waals surface area contributed by atoms with Crippen molar-refractivity contribution in [1.29, 1.82) is 0 Å². The van der Waals surface area contributed by atoms with Gasteiger partial charge in [-0.3, -0.25) is 4.79 Å². The quantitative estimate of drug-likeness (QED) is 0.786. The summed E-state index contributed by atoms with van der Waals surface area (Å²) in [5, 5.41) is 0. The van der Waals surface area contributed by atoms with Gasteiger partial charge < -0.3 is 4.90 Å². The fourth-order valence-corrected chi connectivity index (χ4v) is 5.21. The minimum Gasteiger partial charge on any atom is -0.341 e. The first-order chi connectivity index (χ1) is 14.2. The molecule has 4 rings (SSSR count). The average molecular weight is 435 g/mol. The monoisotopic (exact) mass is 434 g/mol. The second kappa shape index (κ2) is 8.07. The second-order valence-corrected chi connectivity index (χ2v) is 9.99. The van der Waals surface area contributed by atoms with Gasteiger partial charge >= 0.3 is 0 Å². The Kier molecular flexibility index (Phi) is 5.63. The molecule has 1 saturated heterocycles. The minimum atomic E-state index is -3.32. The van der Waals surface area contributed by atoms with E-state index in [1.54, 1.807) is 4.90 Å². The Morgan fingerprint density at radius 1 is 1.13 bits per heavy atom. The van der Waals surface area contributed by atoms with Crippen molar-refractivity contribution in [1.82, 2.24) is 9.62 Å². The number of nitrogens with zero attached hydrogens (tertiary/aromatic N) is 1. The van der Waals surface area contributed by atoms with Gasteiger partial charge in [0.15, 0.2) is 0 Å². The molecule has 0 spiro atoms. The number of hydrogen-bond donors (Lipinski definition) is 1. The van der Waals surface area contributed by atoms with Gasteiger partial charge in [0, 0.05) is 31.1 Å². The lowest BCUT2D eigenvalue weighted by Gasteiger charge is -2.33. The van der Waals surface area contributed by atoms with E-state index in [-0.39, 0.29) is 23.8 Å². The standard InChI is InChI=1S/C22H24F2N2O3S/c1-30(28,29)25-17-5-4-8-26(13-17)22(27)21-12-20(21)19-7-3-2-6-18(19)14-9-15(23)11-16(24)10-14/h2-3,6-7,9-11,17,20-21,25H,4-5,8,12-13H2,1H3/t17-,20+,21-/m1/s1. The fourth-order valence-electron chi connectivity index (χ4n) is 4.41. The summed E-state index contributed by atoms with van der Waals surface area (Å²) in [4.78, 5) is 14.8. The summed E-state index contributed by atoms with van der Waals surface area (Å²) in [5.41, 5.74) is 2.09. The van der Waals surface area contributed by atoms with Gasteiger partial charge in [0.1, 0.15) is 11.6 Å². The minimum absolute atomic E-state index is 0.0109. The number of rotatable bonds is 5. The molecule has 2 fully saturated rings. The van der Waals surface area contributed by atoms with Crippen LogP contribution in [0.3, 0.4) is 0 Å². The van der Waals surface area contributed by atoms with E-state index in [4.69, 9.17) is 0 Å². The van der Waals surface area contributed by atoms with E-state index in [2.05, 4.69) is 4.72 Å². The van der Waals surface area contributed by atoms with Crippen LogP contribution in [0.4, 0.5) is 8.78 Å². The molecule has 1 amide bonds. The number of likely N-dealkylation sites (tertiary alicyclic amines) is 1. The fraction of sp³-hybridized carbons (Fsp3) is 0.409. The molecule has 30 heavy (non-hydrogen) atoms. The second-order valence-electron chi connectivity index (χ2n) is 8.21. The largest absolute Gasteiger partial charge is 0.341 e. The molecule has 1 saturated carbocycles. The number of hydrogen-bond acceptors (Lipinski definition) is 3. The molecule has 1 N–H and O–H groups in total. The van der Waals surface area contributed by atoms with E-state index >= 15 is 0 Å². The predicted octanol–water partition coefficient (Wildman–Crippen LogP) is 3.28. The summed E-state index contributed by atoms with van der Waals surface area (Å²) in [6.45, 7) is 0.979. The Bertz CT molecular complexity index is 1050. The molecule has 160 valence electrons. The molecule has 8 heteroatoms. The van der Waals surface area contributed by atoms with Crippen LogP contribution < -0.4 is 4.72 Å². The number of benzene rings is 2. The summed E-state index contributed by atoms with van der Waals surface area (Å²) in [7, 11) is -3.32. The van der Waals surface area contributed by atoms with Crippen LogP contribution in [0, 0.1) is 17.6 Å². The van der Waals surface area contributed by atoms with Gasteiger partial charge in [0.25, 0.3) is 0 Å². The van der Waals surface area contributed by atoms with Crippen LogP contribution >= 0.6 is 0 Å². The molecule has 1 aliphatic heterocycles. The Hall–Kier alpha value is -2.32. The molecule has 3 atom stereocenters. The summed E-state index contributed by atoms with van der Waals surface area (Å²) in [6, 6.07) is 10.6. The lowest BCUT2D eigenvalue weighted by Crippen LogP contribution is -2.49. The molecule has 0 unspecified atom stereocenters. The van der Waals surface area contributed by atoms with Crippen LogP contribution in [-0.2, 0) is 14.8 Å². The van der Waals surface area contributed by atoms with Crippen LogP contribution in [0.1, 0.15) is 30.7 Å². The number of carbonyl (C=O) groups is 1. The van der Waals surface area contributed by atoms with E-state index in [1.807, 2.05) is 24.3 Å². The van der Waals surface area contributed by atoms with Crippen LogP contribution in [0.5, 0.6) is 0 Å². The maximum atomic E-state index is 13.7. The lowest BCUT2D eigenvalue weighted by molar-refractivity contribution is -0.133. The smallest absolute Gasteiger partial charge is 0.226 e. The molecule has 2 aromatic rings. The molecular formula is C22H24F2N2O3S. The molecule has 1 aliphatic carbocycles. The van der Waals surface area contributed by atoms with Gasteiger partial charge in [0.05, 0.1) is 6.26 Å². The Balaban J connectivity index is 1.50. The van der Waals surface area contributed by atoms with E-state index < -0.39 is 21.7 Å². The first-order valence-corrected chi connectivity index (χ1v) is 11.9. The summed E-state index contributed by atoms with van der Waals surface area (Å²) >= 11 is 0. The topological polar surface area (TPSA) is 66.5 Å². The zero-order chi connectivity index (χ0) is 21.5. The number of carbonyl (C=O) groups excluding carboxylic acids is 1. The van der Waals surface area contributed by atoms with E-state index in [1.165, 1.54) is 12.1 Å². The van der Waals surface area contributed by atoms with Gasteiger partial charge in [-0.15, -0.1) is 0 Å². The van der Waals surface area contributed by atoms with E-state index in [0.717, 1.165) is 29.9 Å².